The summed E-state index contributed by atoms with van der Waals surface area (Å²) in [5, 5.41) is 9.16. The monoisotopic (exact) mass is 274 g/mol. The first-order valence-electron chi connectivity index (χ1n) is 7.40. The fourth-order valence-electron chi connectivity index (χ4n) is 3.71. The highest BCUT2D eigenvalue weighted by Gasteiger charge is 2.40. The molecule has 4 rings (SSSR count). The molecule has 20 heavy (non-hydrogen) atoms. The first-order chi connectivity index (χ1) is 9.64. The molecule has 1 aromatic rings. The average molecular weight is 274 g/mol. The van der Waals surface area contributed by atoms with E-state index in [-0.39, 0.29) is 6.54 Å². The van der Waals surface area contributed by atoms with E-state index in [1.807, 2.05) is 12.1 Å². The highest BCUT2D eigenvalue weighted by atomic mass is 16.4. The number of benzene rings is 1. The fourth-order valence-corrected chi connectivity index (χ4v) is 3.71. The van der Waals surface area contributed by atoms with Gasteiger partial charge in [0.1, 0.15) is 0 Å². The van der Waals surface area contributed by atoms with Gasteiger partial charge in [-0.1, -0.05) is 24.3 Å². The maximum absolute atomic E-state index is 11.2. The number of nitrogens with two attached hydrogens (primary N) is 1. The Hall–Kier alpha value is -1.39. The summed E-state index contributed by atoms with van der Waals surface area (Å²) in [5.41, 5.74) is 8.08. The van der Waals surface area contributed by atoms with Crippen molar-refractivity contribution in [2.24, 2.45) is 5.73 Å². The summed E-state index contributed by atoms with van der Waals surface area (Å²) < 4.78 is 0. The van der Waals surface area contributed by atoms with Crippen LogP contribution >= 0.6 is 0 Å². The van der Waals surface area contributed by atoms with E-state index >= 15 is 0 Å². The van der Waals surface area contributed by atoms with E-state index in [1.54, 1.807) is 0 Å². The summed E-state index contributed by atoms with van der Waals surface area (Å²) in [6, 6.07) is 8.16. The van der Waals surface area contributed by atoms with Gasteiger partial charge in [-0.15, -0.1) is 0 Å². The molecular formula is C16H22N2O2. The predicted octanol–water partition coefficient (Wildman–Crippen LogP) is 1.55. The molecule has 108 valence electrons. The molecule has 0 saturated carbocycles. The van der Waals surface area contributed by atoms with Crippen molar-refractivity contribution in [3.05, 3.63) is 35.4 Å². The zero-order valence-corrected chi connectivity index (χ0v) is 11.7. The van der Waals surface area contributed by atoms with Gasteiger partial charge in [0.2, 0.25) is 0 Å². The summed E-state index contributed by atoms with van der Waals surface area (Å²) >= 11 is 0. The minimum absolute atomic E-state index is 0.148. The van der Waals surface area contributed by atoms with Crippen molar-refractivity contribution in [1.82, 2.24) is 4.90 Å². The Bertz CT molecular complexity index is 476. The van der Waals surface area contributed by atoms with E-state index < -0.39 is 11.9 Å². The number of aliphatic carboxylic acids is 1. The minimum Gasteiger partial charge on any atom is -0.481 e. The summed E-state index contributed by atoms with van der Waals surface area (Å²) in [5.74, 6) is -1.43. The van der Waals surface area contributed by atoms with E-state index in [0.717, 1.165) is 5.56 Å². The lowest BCUT2D eigenvalue weighted by Gasteiger charge is -2.49. The standard InChI is InChI=1S/C16H22N2O2/c17-11-14(15(19)20)12-1-3-13(4-2-12)16-5-8-18(9-6-16)10-7-16/h1-4,14H,5-11,17H2,(H,19,20). The van der Waals surface area contributed by atoms with Gasteiger partial charge < -0.3 is 15.7 Å². The second-order valence-corrected chi connectivity index (χ2v) is 6.12. The molecule has 0 spiro atoms. The first kappa shape index (κ1) is 13.6. The number of piperidine rings is 3. The third-order valence-electron chi connectivity index (χ3n) is 5.18. The van der Waals surface area contributed by atoms with Gasteiger partial charge in [-0.25, -0.2) is 0 Å². The van der Waals surface area contributed by atoms with Gasteiger partial charge in [0.25, 0.3) is 0 Å². The lowest BCUT2D eigenvalue weighted by atomic mass is 9.67. The van der Waals surface area contributed by atoms with E-state index in [4.69, 9.17) is 10.8 Å². The van der Waals surface area contributed by atoms with Crippen LogP contribution in [-0.4, -0.2) is 42.2 Å². The Morgan fingerprint density at radius 2 is 1.75 bits per heavy atom. The number of rotatable bonds is 4. The fraction of sp³-hybridized carbons (Fsp3) is 0.562. The molecule has 3 heterocycles. The van der Waals surface area contributed by atoms with Crippen molar-refractivity contribution in [2.75, 3.05) is 26.2 Å². The molecule has 3 N–H and O–H groups in total. The number of carbonyl (C=O) groups is 1. The zero-order chi connectivity index (χ0) is 14.2. The van der Waals surface area contributed by atoms with Gasteiger partial charge in [0.05, 0.1) is 5.92 Å². The molecule has 1 atom stereocenters. The lowest BCUT2D eigenvalue weighted by molar-refractivity contribution is -0.138. The van der Waals surface area contributed by atoms with Crippen molar-refractivity contribution in [3.8, 4) is 0 Å². The quantitative estimate of drug-likeness (QED) is 0.874. The summed E-state index contributed by atoms with van der Waals surface area (Å²) in [6.45, 7) is 3.74. The van der Waals surface area contributed by atoms with Crippen molar-refractivity contribution >= 4 is 5.97 Å². The van der Waals surface area contributed by atoms with Crippen molar-refractivity contribution < 1.29 is 9.90 Å². The molecule has 1 aromatic carbocycles. The SMILES string of the molecule is NCC(C(=O)O)c1ccc(C23CCN(CC2)CC3)cc1. The van der Waals surface area contributed by atoms with Gasteiger partial charge in [0, 0.05) is 6.54 Å². The van der Waals surface area contributed by atoms with Crippen LogP contribution in [0.4, 0.5) is 0 Å². The van der Waals surface area contributed by atoms with E-state index in [2.05, 4.69) is 17.0 Å². The summed E-state index contributed by atoms with van der Waals surface area (Å²) in [6.07, 6.45) is 3.68. The van der Waals surface area contributed by atoms with Gasteiger partial charge in [0.15, 0.2) is 0 Å². The molecule has 2 bridgehead atoms. The molecule has 3 fully saturated rings. The Morgan fingerprint density at radius 3 is 2.20 bits per heavy atom. The molecule has 0 amide bonds. The summed E-state index contributed by atoms with van der Waals surface area (Å²) in [4.78, 5) is 13.7. The third kappa shape index (κ3) is 2.23. The molecule has 4 heteroatoms. The van der Waals surface area contributed by atoms with Crippen molar-refractivity contribution in [1.29, 1.82) is 0 Å². The number of nitrogens with zero attached hydrogens (tertiary/aromatic N) is 1. The van der Waals surface area contributed by atoms with Crippen LogP contribution < -0.4 is 5.73 Å². The molecule has 4 nitrogen and oxygen atoms in total. The predicted molar refractivity (Wildman–Crippen MR) is 77.8 cm³/mol. The molecular weight excluding hydrogens is 252 g/mol. The van der Waals surface area contributed by atoms with Gasteiger partial charge >= 0.3 is 5.97 Å². The third-order valence-corrected chi connectivity index (χ3v) is 5.18. The van der Waals surface area contributed by atoms with Crippen LogP contribution in [0.1, 0.15) is 36.3 Å². The molecule has 3 aliphatic heterocycles. The van der Waals surface area contributed by atoms with Crippen molar-refractivity contribution in [2.45, 2.75) is 30.6 Å². The highest BCUT2D eigenvalue weighted by molar-refractivity contribution is 5.76. The molecule has 0 aliphatic carbocycles. The van der Waals surface area contributed by atoms with Gasteiger partial charge in [-0.05, 0) is 55.4 Å². The zero-order valence-electron chi connectivity index (χ0n) is 11.7. The number of hydrogen-bond acceptors (Lipinski definition) is 3. The van der Waals surface area contributed by atoms with Crippen LogP contribution in [0.25, 0.3) is 0 Å². The number of carboxylic acids is 1. The van der Waals surface area contributed by atoms with Crippen LogP contribution in [-0.2, 0) is 10.2 Å². The molecule has 0 radical (unpaired) electrons. The molecule has 3 aliphatic rings. The second-order valence-electron chi connectivity index (χ2n) is 6.12. The molecule has 0 aromatic heterocycles. The molecule has 3 saturated heterocycles. The van der Waals surface area contributed by atoms with E-state index in [9.17, 15) is 4.79 Å². The highest BCUT2D eigenvalue weighted by Crippen LogP contribution is 2.42. The van der Waals surface area contributed by atoms with Crippen LogP contribution in [0.2, 0.25) is 0 Å². The normalized spacial score (nSPS) is 30.1. The van der Waals surface area contributed by atoms with E-state index in [0.29, 0.717) is 5.41 Å². The minimum atomic E-state index is -0.843. The van der Waals surface area contributed by atoms with Gasteiger partial charge in [-0.2, -0.15) is 0 Å². The van der Waals surface area contributed by atoms with Gasteiger partial charge in [-0.3, -0.25) is 4.79 Å². The van der Waals surface area contributed by atoms with Crippen LogP contribution in [0.3, 0.4) is 0 Å². The topological polar surface area (TPSA) is 66.6 Å². The number of hydrogen-bond donors (Lipinski definition) is 2. The second kappa shape index (κ2) is 5.19. The molecule has 1 unspecified atom stereocenters. The van der Waals surface area contributed by atoms with E-state index in [1.165, 1.54) is 44.5 Å². The Balaban J connectivity index is 1.84. The number of carboxylic acid groups (broad SMARTS) is 1. The maximum atomic E-state index is 11.2. The maximum Gasteiger partial charge on any atom is 0.312 e. The Kier molecular flexibility index (Phi) is 3.52. The largest absolute Gasteiger partial charge is 0.481 e. The number of fused-ring (bicyclic) bond motifs is 3. The average Bonchev–Trinajstić information content (AvgIpc) is 2.50. The lowest BCUT2D eigenvalue weighted by Crippen LogP contribution is -2.50. The smallest absolute Gasteiger partial charge is 0.312 e. The first-order valence-corrected chi connectivity index (χ1v) is 7.40. The van der Waals surface area contributed by atoms with Crippen LogP contribution in [0.15, 0.2) is 24.3 Å². The van der Waals surface area contributed by atoms with Crippen molar-refractivity contribution in [3.63, 3.8) is 0 Å². The van der Waals surface area contributed by atoms with Crippen LogP contribution in [0.5, 0.6) is 0 Å². The van der Waals surface area contributed by atoms with Crippen LogP contribution in [0, 0.1) is 0 Å². The Labute approximate surface area is 119 Å². The summed E-state index contributed by atoms with van der Waals surface area (Å²) in [7, 11) is 0. The Morgan fingerprint density at radius 1 is 1.20 bits per heavy atom.